The number of alkyl halides is 3. The zero-order valence-corrected chi connectivity index (χ0v) is 16.7. The highest BCUT2D eigenvalue weighted by Gasteiger charge is 2.37. The van der Waals surface area contributed by atoms with Gasteiger partial charge in [0.2, 0.25) is 0 Å². The van der Waals surface area contributed by atoms with E-state index < -0.39 is 17.9 Å². The van der Waals surface area contributed by atoms with E-state index >= 15 is 0 Å². The Hall–Kier alpha value is -3.42. The Morgan fingerprint density at radius 3 is 2.33 bits per heavy atom. The SMILES string of the molecule is Cc1cc(C)nc(C(C#N)C(=O)CCc2c(C)nc3nc(C(F)(F)F)nn3c2C)n1. The molecule has 0 aromatic carbocycles. The highest BCUT2D eigenvalue weighted by Crippen LogP contribution is 2.27. The molecule has 3 aromatic heterocycles. The number of nitrogens with zero attached hydrogens (tertiary/aromatic N) is 7. The van der Waals surface area contributed by atoms with Gasteiger partial charge >= 0.3 is 6.18 Å². The first-order valence-corrected chi connectivity index (χ1v) is 9.05. The fourth-order valence-corrected chi connectivity index (χ4v) is 3.24. The van der Waals surface area contributed by atoms with Gasteiger partial charge in [0.1, 0.15) is 0 Å². The predicted octanol–water partition coefficient (Wildman–Crippen LogP) is 2.98. The third-order valence-electron chi connectivity index (χ3n) is 4.63. The van der Waals surface area contributed by atoms with Crippen LogP contribution in [-0.4, -0.2) is 35.3 Å². The van der Waals surface area contributed by atoms with E-state index in [1.165, 1.54) is 0 Å². The summed E-state index contributed by atoms with van der Waals surface area (Å²) in [5.74, 6) is -2.79. The number of carbonyl (C=O) groups is 1. The number of aryl methyl sites for hydroxylation is 4. The second-order valence-corrected chi connectivity index (χ2v) is 6.94. The molecule has 0 bridgehead atoms. The van der Waals surface area contributed by atoms with Gasteiger partial charge in [-0.25, -0.2) is 19.5 Å². The van der Waals surface area contributed by atoms with E-state index in [0.717, 1.165) is 4.52 Å². The lowest BCUT2D eigenvalue weighted by Crippen LogP contribution is -2.17. The van der Waals surface area contributed by atoms with E-state index in [2.05, 4.69) is 25.0 Å². The fourth-order valence-electron chi connectivity index (χ4n) is 3.24. The molecule has 3 heterocycles. The van der Waals surface area contributed by atoms with E-state index in [1.54, 1.807) is 33.8 Å². The van der Waals surface area contributed by atoms with E-state index in [4.69, 9.17) is 0 Å². The molecule has 1 atom stereocenters. The minimum Gasteiger partial charge on any atom is -0.298 e. The lowest BCUT2D eigenvalue weighted by molar-refractivity contribution is -0.144. The van der Waals surface area contributed by atoms with Crippen LogP contribution in [0.3, 0.4) is 0 Å². The van der Waals surface area contributed by atoms with Gasteiger partial charge in [-0.1, -0.05) is 0 Å². The van der Waals surface area contributed by atoms with Crippen molar-refractivity contribution in [2.45, 2.75) is 52.6 Å². The number of nitriles is 1. The van der Waals surface area contributed by atoms with Crippen LogP contribution in [0, 0.1) is 39.0 Å². The maximum Gasteiger partial charge on any atom is 0.453 e. The van der Waals surface area contributed by atoms with Gasteiger partial charge < -0.3 is 0 Å². The maximum atomic E-state index is 12.9. The van der Waals surface area contributed by atoms with Gasteiger partial charge in [-0.05, 0) is 45.7 Å². The van der Waals surface area contributed by atoms with Crippen LogP contribution in [0.15, 0.2) is 6.07 Å². The molecule has 0 radical (unpaired) electrons. The van der Waals surface area contributed by atoms with Crippen molar-refractivity contribution in [1.82, 2.24) is 29.5 Å². The van der Waals surface area contributed by atoms with Gasteiger partial charge in [-0.15, -0.1) is 5.10 Å². The van der Waals surface area contributed by atoms with Crippen molar-refractivity contribution in [3.8, 4) is 6.07 Å². The molecule has 156 valence electrons. The van der Waals surface area contributed by atoms with Gasteiger partial charge in [0.05, 0.1) is 6.07 Å². The Balaban J connectivity index is 1.87. The zero-order chi connectivity index (χ0) is 22.2. The summed E-state index contributed by atoms with van der Waals surface area (Å²) in [6.45, 7) is 6.71. The molecular formula is C19H18F3N7O. The number of hydrogen-bond donors (Lipinski definition) is 0. The van der Waals surface area contributed by atoms with Crippen molar-refractivity contribution >= 4 is 11.6 Å². The number of fused-ring (bicyclic) bond motifs is 1. The summed E-state index contributed by atoms with van der Waals surface area (Å²) in [5, 5.41) is 13.0. The average molecular weight is 417 g/mol. The molecule has 30 heavy (non-hydrogen) atoms. The van der Waals surface area contributed by atoms with Gasteiger partial charge in [0, 0.05) is 29.2 Å². The molecule has 0 aliphatic rings. The highest BCUT2D eigenvalue weighted by atomic mass is 19.4. The number of Topliss-reactive ketones (excluding diaryl/α,β-unsaturated/α-hetero) is 1. The lowest BCUT2D eigenvalue weighted by Gasteiger charge is -2.12. The van der Waals surface area contributed by atoms with Crippen molar-refractivity contribution in [3.05, 3.63) is 46.1 Å². The summed E-state index contributed by atoms with van der Waals surface area (Å²) >= 11 is 0. The number of carbonyl (C=O) groups excluding carboxylic acids is 1. The summed E-state index contributed by atoms with van der Waals surface area (Å²) < 4.78 is 39.7. The number of halogens is 3. The molecule has 0 amide bonds. The largest absolute Gasteiger partial charge is 0.453 e. The lowest BCUT2D eigenvalue weighted by atomic mass is 9.97. The maximum absolute atomic E-state index is 12.9. The molecule has 0 N–H and O–H groups in total. The summed E-state index contributed by atoms with van der Waals surface area (Å²) in [6.07, 6.45) is -4.52. The summed E-state index contributed by atoms with van der Waals surface area (Å²) in [6, 6.07) is 3.68. The summed E-state index contributed by atoms with van der Waals surface area (Å²) in [7, 11) is 0. The third-order valence-corrected chi connectivity index (χ3v) is 4.63. The Morgan fingerprint density at radius 1 is 1.13 bits per heavy atom. The minimum absolute atomic E-state index is 0.0235. The molecule has 3 aromatic rings. The van der Waals surface area contributed by atoms with Crippen LogP contribution in [0.4, 0.5) is 13.2 Å². The summed E-state index contributed by atoms with van der Waals surface area (Å²) in [4.78, 5) is 28.6. The van der Waals surface area contributed by atoms with Crippen LogP contribution in [0.5, 0.6) is 0 Å². The van der Waals surface area contributed by atoms with Crippen molar-refractivity contribution in [2.75, 3.05) is 0 Å². The van der Waals surface area contributed by atoms with Crippen LogP contribution in [-0.2, 0) is 17.4 Å². The van der Waals surface area contributed by atoms with Crippen LogP contribution < -0.4 is 0 Å². The fraction of sp³-hybridized carbons (Fsp3) is 0.421. The van der Waals surface area contributed by atoms with Crippen LogP contribution >= 0.6 is 0 Å². The van der Waals surface area contributed by atoms with Gasteiger partial charge in [0.25, 0.3) is 11.6 Å². The van der Waals surface area contributed by atoms with Gasteiger partial charge in [-0.3, -0.25) is 4.79 Å². The molecular weight excluding hydrogens is 399 g/mol. The van der Waals surface area contributed by atoms with E-state index in [9.17, 15) is 23.2 Å². The molecule has 0 saturated carbocycles. The average Bonchev–Trinajstić information content (AvgIpc) is 3.06. The molecule has 1 unspecified atom stereocenters. The van der Waals surface area contributed by atoms with E-state index in [1.807, 2.05) is 6.07 Å². The smallest absolute Gasteiger partial charge is 0.298 e. The number of hydrogen-bond acceptors (Lipinski definition) is 7. The van der Waals surface area contributed by atoms with Crippen molar-refractivity contribution < 1.29 is 18.0 Å². The van der Waals surface area contributed by atoms with Gasteiger partial charge in [-0.2, -0.15) is 23.4 Å². The Kier molecular flexibility index (Phi) is 5.52. The minimum atomic E-state index is -4.68. The normalized spacial score (nSPS) is 12.7. The highest BCUT2D eigenvalue weighted by molar-refractivity contribution is 5.87. The van der Waals surface area contributed by atoms with Crippen molar-refractivity contribution in [1.29, 1.82) is 5.26 Å². The topological polar surface area (TPSA) is 110 Å². The molecule has 0 spiro atoms. The monoisotopic (exact) mass is 417 g/mol. The molecule has 0 aliphatic heterocycles. The molecule has 3 rings (SSSR count). The van der Waals surface area contributed by atoms with Gasteiger partial charge in [0.15, 0.2) is 17.5 Å². The second-order valence-electron chi connectivity index (χ2n) is 6.94. The Morgan fingerprint density at radius 2 is 1.77 bits per heavy atom. The van der Waals surface area contributed by atoms with Crippen LogP contribution in [0.1, 0.15) is 52.3 Å². The predicted molar refractivity (Wildman–Crippen MR) is 98.4 cm³/mol. The first kappa shape index (κ1) is 21.3. The van der Waals surface area contributed by atoms with E-state index in [0.29, 0.717) is 28.3 Å². The molecule has 0 saturated heterocycles. The first-order valence-electron chi connectivity index (χ1n) is 9.05. The Bertz CT molecular complexity index is 1160. The first-order chi connectivity index (χ1) is 14.0. The molecule has 0 fully saturated rings. The van der Waals surface area contributed by atoms with Crippen molar-refractivity contribution in [2.24, 2.45) is 0 Å². The second kappa shape index (κ2) is 7.78. The Labute approximate surface area is 169 Å². The number of ketones is 1. The van der Waals surface area contributed by atoms with E-state index in [-0.39, 0.29) is 30.2 Å². The zero-order valence-electron chi connectivity index (χ0n) is 16.7. The standard InChI is InChI=1S/C19H18F3N7O/c1-9-7-10(2)25-16(24-9)14(8-23)15(30)6-5-13-11(3)26-18-27-17(19(20,21)22)28-29(18)12(13)4/h7,14H,5-6H2,1-4H3. The number of aromatic nitrogens is 6. The van der Waals surface area contributed by atoms with Crippen LogP contribution in [0.2, 0.25) is 0 Å². The summed E-state index contributed by atoms with van der Waals surface area (Å²) in [5.41, 5.74) is 2.74. The quantitative estimate of drug-likeness (QED) is 0.628. The molecule has 8 nitrogen and oxygen atoms in total. The molecule has 0 aliphatic carbocycles. The van der Waals surface area contributed by atoms with Crippen molar-refractivity contribution in [3.63, 3.8) is 0 Å². The van der Waals surface area contributed by atoms with Crippen LogP contribution in [0.25, 0.3) is 5.78 Å². The molecule has 11 heteroatoms. The third kappa shape index (κ3) is 4.12. The number of rotatable bonds is 5.